The van der Waals surface area contributed by atoms with Crippen LogP contribution in [0.25, 0.3) is 0 Å². The third-order valence-corrected chi connectivity index (χ3v) is 1.62. The number of nitrogens with two attached hydrogens (primary N) is 1. The van der Waals surface area contributed by atoms with Crippen LogP contribution in [0.15, 0.2) is 12.1 Å². The van der Waals surface area contributed by atoms with E-state index in [-0.39, 0.29) is 10.6 Å². The van der Waals surface area contributed by atoms with Crippen molar-refractivity contribution in [3.8, 4) is 0 Å². The zero-order valence-electron chi connectivity index (χ0n) is 5.87. The molecule has 1 aromatic carbocycles. The number of rotatable bonds is 1. The molecule has 0 aliphatic rings. The molecule has 2 nitrogen and oxygen atoms in total. The number of nitrogens with one attached hydrogen (secondary N) is 1. The van der Waals surface area contributed by atoms with Gasteiger partial charge >= 0.3 is 0 Å². The zero-order chi connectivity index (χ0) is 9.30. The van der Waals surface area contributed by atoms with Gasteiger partial charge in [-0.25, -0.2) is 8.78 Å². The molecule has 0 radical (unpaired) electrons. The van der Waals surface area contributed by atoms with Gasteiger partial charge in [-0.05, 0) is 12.1 Å². The Morgan fingerprint density at radius 2 is 1.92 bits per heavy atom. The zero-order valence-corrected chi connectivity index (χ0v) is 6.62. The standard InChI is InChI=1S/C7H5ClF2N2/c8-4-2-1-3(7(11)12)5(9)6(4)10/h1-2H,(H3,11,12). The quantitative estimate of drug-likeness (QED) is 0.397. The van der Waals surface area contributed by atoms with E-state index in [0.717, 1.165) is 12.1 Å². The molecule has 0 saturated heterocycles. The summed E-state index contributed by atoms with van der Waals surface area (Å²) in [5.74, 6) is -2.89. The first kappa shape index (κ1) is 8.93. The normalized spacial score (nSPS) is 9.92. The SMILES string of the molecule is N=C(N)c1ccc(Cl)c(F)c1F. The second-order valence-electron chi connectivity index (χ2n) is 2.14. The summed E-state index contributed by atoms with van der Waals surface area (Å²) in [4.78, 5) is 0. The first-order valence-electron chi connectivity index (χ1n) is 3.02. The first-order chi connectivity index (χ1) is 5.54. The molecule has 3 N–H and O–H groups in total. The molecule has 0 heterocycles. The van der Waals surface area contributed by atoms with E-state index in [9.17, 15) is 8.78 Å². The van der Waals surface area contributed by atoms with Gasteiger partial charge < -0.3 is 5.73 Å². The molecule has 64 valence electrons. The maximum absolute atomic E-state index is 12.8. The molecule has 1 aromatic rings. The van der Waals surface area contributed by atoms with Crippen LogP contribution < -0.4 is 5.73 Å². The Bertz CT molecular complexity index is 338. The predicted molar refractivity (Wildman–Crippen MR) is 42.4 cm³/mol. The first-order valence-corrected chi connectivity index (χ1v) is 3.39. The van der Waals surface area contributed by atoms with E-state index < -0.39 is 17.5 Å². The maximum atomic E-state index is 12.8. The highest BCUT2D eigenvalue weighted by Gasteiger charge is 2.13. The van der Waals surface area contributed by atoms with Gasteiger partial charge in [0.1, 0.15) is 5.84 Å². The lowest BCUT2D eigenvalue weighted by atomic mass is 10.2. The monoisotopic (exact) mass is 190 g/mol. The molecular formula is C7H5ClF2N2. The number of amidine groups is 1. The molecule has 0 aliphatic heterocycles. The minimum atomic E-state index is -1.19. The van der Waals surface area contributed by atoms with Crippen molar-refractivity contribution in [3.05, 3.63) is 34.4 Å². The molecule has 12 heavy (non-hydrogen) atoms. The minimum Gasteiger partial charge on any atom is -0.384 e. The van der Waals surface area contributed by atoms with E-state index in [1.54, 1.807) is 0 Å². The Morgan fingerprint density at radius 1 is 1.33 bits per heavy atom. The molecule has 0 amide bonds. The largest absolute Gasteiger partial charge is 0.384 e. The van der Waals surface area contributed by atoms with Crippen molar-refractivity contribution in [2.24, 2.45) is 5.73 Å². The summed E-state index contributed by atoms with van der Waals surface area (Å²) in [5, 5.41) is 6.55. The van der Waals surface area contributed by atoms with Crippen LogP contribution in [0.5, 0.6) is 0 Å². The molecule has 0 unspecified atom stereocenters. The Balaban J connectivity index is 3.36. The van der Waals surface area contributed by atoms with E-state index in [2.05, 4.69) is 0 Å². The van der Waals surface area contributed by atoms with Crippen molar-refractivity contribution in [3.63, 3.8) is 0 Å². The molecular weight excluding hydrogens is 186 g/mol. The fourth-order valence-electron chi connectivity index (χ4n) is 0.734. The Hall–Kier alpha value is -1.16. The molecule has 0 spiro atoms. The van der Waals surface area contributed by atoms with Gasteiger partial charge in [0.05, 0.1) is 10.6 Å². The number of nitrogen functional groups attached to an aromatic ring is 1. The van der Waals surface area contributed by atoms with Crippen molar-refractivity contribution in [2.75, 3.05) is 0 Å². The molecule has 0 bridgehead atoms. The van der Waals surface area contributed by atoms with Crippen LogP contribution in [0.1, 0.15) is 5.56 Å². The van der Waals surface area contributed by atoms with Crippen molar-refractivity contribution in [1.82, 2.24) is 0 Å². The summed E-state index contributed by atoms with van der Waals surface area (Å²) < 4.78 is 25.5. The Morgan fingerprint density at radius 3 is 2.42 bits per heavy atom. The van der Waals surface area contributed by atoms with E-state index in [1.165, 1.54) is 0 Å². The highest BCUT2D eigenvalue weighted by atomic mass is 35.5. The Kier molecular flexibility index (Phi) is 2.28. The van der Waals surface area contributed by atoms with E-state index in [4.69, 9.17) is 22.7 Å². The van der Waals surface area contributed by atoms with Gasteiger partial charge in [-0.2, -0.15) is 0 Å². The lowest BCUT2D eigenvalue weighted by Crippen LogP contribution is -2.14. The van der Waals surface area contributed by atoms with Crippen molar-refractivity contribution >= 4 is 17.4 Å². The predicted octanol–water partition coefficient (Wildman–Crippen LogP) is 1.90. The van der Waals surface area contributed by atoms with Gasteiger partial charge in [-0.3, -0.25) is 5.41 Å². The Labute approximate surface area is 72.5 Å². The van der Waals surface area contributed by atoms with Crippen LogP contribution in [0, 0.1) is 17.0 Å². The van der Waals surface area contributed by atoms with Crippen molar-refractivity contribution in [2.45, 2.75) is 0 Å². The van der Waals surface area contributed by atoms with Crippen LogP contribution in [0.2, 0.25) is 5.02 Å². The van der Waals surface area contributed by atoms with E-state index in [0.29, 0.717) is 0 Å². The smallest absolute Gasteiger partial charge is 0.178 e. The second kappa shape index (κ2) is 3.06. The molecule has 5 heteroatoms. The molecule has 0 fully saturated rings. The van der Waals surface area contributed by atoms with Gasteiger partial charge in [-0.1, -0.05) is 11.6 Å². The molecule has 0 saturated carbocycles. The summed E-state index contributed by atoms with van der Waals surface area (Å²) in [7, 11) is 0. The summed E-state index contributed by atoms with van der Waals surface area (Å²) in [6.07, 6.45) is 0. The highest BCUT2D eigenvalue weighted by molar-refractivity contribution is 6.30. The lowest BCUT2D eigenvalue weighted by molar-refractivity contribution is 0.507. The van der Waals surface area contributed by atoms with Gasteiger partial charge in [0.15, 0.2) is 11.6 Å². The average molecular weight is 191 g/mol. The van der Waals surface area contributed by atoms with Crippen LogP contribution >= 0.6 is 11.6 Å². The third-order valence-electron chi connectivity index (χ3n) is 1.33. The number of hydrogen-bond acceptors (Lipinski definition) is 1. The molecule has 0 aliphatic carbocycles. The van der Waals surface area contributed by atoms with E-state index in [1.807, 2.05) is 0 Å². The highest BCUT2D eigenvalue weighted by Crippen LogP contribution is 2.19. The van der Waals surface area contributed by atoms with Gasteiger partial charge in [0, 0.05) is 0 Å². The lowest BCUT2D eigenvalue weighted by Gasteiger charge is -2.01. The van der Waals surface area contributed by atoms with Gasteiger partial charge in [0.2, 0.25) is 0 Å². The number of benzene rings is 1. The summed E-state index contributed by atoms with van der Waals surface area (Å²) in [5.41, 5.74) is 4.69. The fourth-order valence-corrected chi connectivity index (χ4v) is 0.880. The van der Waals surface area contributed by atoms with Crippen LogP contribution in [0.3, 0.4) is 0 Å². The van der Waals surface area contributed by atoms with Gasteiger partial charge in [-0.15, -0.1) is 0 Å². The number of hydrogen-bond donors (Lipinski definition) is 2. The van der Waals surface area contributed by atoms with Crippen LogP contribution in [-0.2, 0) is 0 Å². The van der Waals surface area contributed by atoms with Crippen LogP contribution in [-0.4, -0.2) is 5.84 Å². The fraction of sp³-hybridized carbons (Fsp3) is 0. The number of halogens is 3. The third kappa shape index (κ3) is 1.38. The minimum absolute atomic E-state index is 0.281. The second-order valence-corrected chi connectivity index (χ2v) is 2.54. The molecule has 1 rings (SSSR count). The summed E-state index contributed by atoms with van der Waals surface area (Å²) >= 11 is 5.26. The van der Waals surface area contributed by atoms with Crippen molar-refractivity contribution < 1.29 is 8.78 Å². The maximum Gasteiger partial charge on any atom is 0.178 e. The molecule has 0 atom stereocenters. The topological polar surface area (TPSA) is 49.9 Å². The van der Waals surface area contributed by atoms with Crippen LogP contribution in [0.4, 0.5) is 8.78 Å². The van der Waals surface area contributed by atoms with Crippen molar-refractivity contribution in [1.29, 1.82) is 5.41 Å². The van der Waals surface area contributed by atoms with Gasteiger partial charge in [0.25, 0.3) is 0 Å². The molecule has 0 aromatic heterocycles. The summed E-state index contributed by atoms with van der Waals surface area (Å²) in [6.45, 7) is 0. The van der Waals surface area contributed by atoms with E-state index >= 15 is 0 Å². The summed E-state index contributed by atoms with van der Waals surface area (Å²) in [6, 6.07) is 2.31. The average Bonchev–Trinajstić information content (AvgIpc) is 2.00.